The van der Waals surface area contributed by atoms with E-state index in [4.69, 9.17) is 15.9 Å². The summed E-state index contributed by atoms with van der Waals surface area (Å²) in [6, 6.07) is -1.25. The highest BCUT2D eigenvalue weighted by Crippen LogP contribution is 2.14. The molecule has 0 amide bonds. The Bertz CT molecular complexity index is 410. The van der Waals surface area contributed by atoms with E-state index in [9.17, 15) is 20.1 Å². The molecule has 0 aromatic rings. The smallest absolute Gasteiger partial charge is 0.152 e. The predicted molar refractivity (Wildman–Crippen MR) is 124 cm³/mol. The summed E-state index contributed by atoms with van der Waals surface area (Å²) in [5.74, 6) is -0.332. The quantitative estimate of drug-likeness (QED) is 0.132. The summed E-state index contributed by atoms with van der Waals surface area (Å²) in [7, 11) is 0. The van der Waals surface area contributed by atoms with Crippen LogP contribution in [0, 0.1) is 0 Å². The van der Waals surface area contributed by atoms with Crippen LogP contribution in [0.5, 0.6) is 0 Å². The summed E-state index contributed by atoms with van der Waals surface area (Å²) in [5.41, 5.74) is 5.67. The van der Waals surface area contributed by atoms with Gasteiger partial charge in [-0.15, -0.1) is 0 Å². The number of ketones is 1. The van der Waals surface area contributed by atoms with Crippen molar-refractivity contribution < 1.29 is 30.3 Å². The van der Waals surface area contributed by atoms with Gasteiger partial charge in [0.25, 0.3) is 0 Å². The maximum absolute atomic E-state index is 12.0. The second kappa shape index (κ2) is 21.3. The van der Waals surface area contributed by atoms with Crippen LogP contribution >= 0.6 is 0 Å². The third kappa shape index (κ3) is 16.7. The van der Waals surface area contributed by atoms with Gasteiger partial charge in [0.15, 0.2) is 5.78 Å². The summed E-state index contributed by atoms with van der Waals surface area (Å²) in [6.07, 6.45) is 14.5. The van der Waals surface area contributed by atoms with Crippen LogP contribution in [0.4, 0.5) is 0 Å². The van der Waals surface area contributed by atoms with Gasteiger partial charge in [0.1, 0.15) is 18.3 Å². The Balaban J connectivity index is 3.45. The highest BCUT2D eigenvalue weighted by atomic mass is 16.4. The Kier molecular flexibility index (Phi) is 20.9. The van der Waals surface area contributed by atoms with E-state index in [1.54, 1.807) is 0 Å². The van der Waals surface area contributed by atoms with Gasteiger partial charge in [-0.2, -0.15) is 0 Å². The number of Topliss-reactive ketones (excluding diaryl/α,β-unsaturated/α-hetero) is 1. The van der Waals surface area contributed by atoms with E-state index < -0.39 is 31.0 Å². The second-order valence-corrected chi connectivity index (χ2v) is 8.85. The van der Waals surface area contributed by atoms with Gasteiger partial charge in [0, 0.05) is 13.0 Å². The largest absolute Gasteiger partial charge is 0.396 e. The molecule has 4 atom stereocenters. The Hall–Kier alpha value is -0.570. The van der Waals surface area contributed by atoms with Gasteiger partial charge in [0.05, 0.1) is 12.6 Å². The molecule has 186 valence electrons. The third-order valence-electron chi connectivity index (χ3n) is 6.00. The van der Waals surface area contributed by atoms with E-state index in [1.165, 1.54) is 64.2 Å². The average Bonchev–Trinajstić information content (AvgIpc) is 2.78. The normalized spacial score (nSPS) is 15.5. The van der Waals surface area contributed by atoms with E-state index in [-0.39, 0.29) is 12.2 Å². The molecule has 7 heteroatoms. The molecule has 0 unspecified atom stereocenters. The summed E-state index contributed by atoms with van der Waals surface area (Å²) in [4.78, 5) is 12.0. The van der Waals surface area contributed by atoms with Gasteiger partial charge >= 0.3 is 0 Å². The van der Waals surface area contributed by atoms with Crippen molar-refractivity contribution in [2.45, 2.75) is 134 Å². The van der Waals surface area contributed by atoms with Crippen LogP contribution in [0.1, 0.15) is 109 Å². The molecular formula is C24H49NO6. The van der Waals surface area contributed by atoms with E-state index in [2.05, 4.69) is 0 Å². The minimum atomic E-state index is -1.63. The molecule has 0 aliphatic rings. The van der Waals surface area contributed by atoms with E-state index >= 15 is 0 Å². The zero-order valence-electron chi connectivity index (χ0n) is 19.5. The van der Waals surface area contributed by atoms with Gasteiger partial charge in [-0.25, -0.2) is 0 Å². The summed E-state index contributed by atoms with van der Waals surface area (Å²) in [5, 5.41) is 46.3. The molecule has 0 spiro atoms. The Morgan fingerprint density at radius 1 is 0.581 bits per heavy atom. The average molecular weight is 448 g/mol. The molecule has 7 nitrogen and oxygen atoms in total. The number of aliphatic hydroxyl groups is 5. The molecule has 7 N–H and O–H groups in total. The topological polar surface area (TPSA) is 144 Å². The predicted octanol–water partition coefficient (Wildman–Crippen LogP) is 2.58. The number of unbranched alkanes of at least 4 members (excludes halogenated alkanes) is 15. The zero-order chi connectivity index (χ0) is 23.3. The van der Waals surface area contributed by atoms with Gasteiger partial charge in [-0.3, -0.25) is 4.79 Å². The molecule has 0 aliphatic carbocycles. The fourth-order valence-electron chi connectivity index (χ4n) is 3.79. The van der Waals surface area contributed by atoms with E-state index in [0.29, 0.717) is 13.0 Å². The number of carbonyl (C=O) groups is 1. The van der Waals surface area contributed by atoms with Crippen molar-refractivity contribution in [1.82, 2.24) is 0 Å². The summed E-state index contributed by atoms with van der Waals surface area (Å²) < 4.78 is 0. The fourth-order valence-corrected chi connectivity index (χ4v) is 3.79. The number of rotatable bonds is 23. The van der Waals surface area contributed by atoms with Gasteiger partial charge in [-0.05, 0) is 12.8 Å². The minimum Gasteiger partial charge on any atom is -0.396 e. The van der Waals surface area contributed by atoms with Crippen LogP contribution in [0.3, 0.4) is 0 Å². The van der Waals surface area contributed by atoms with Crippen LogP contribution in [0.25, 0.3) is 0 Å². The standard InChI is InChI=1S/C24H49NO6/c25-22(24(31)23(30)21(29)19-27)20(28)17-15-13-11-9-7-5-3-1-2-4-6-8-10-12-14-16-18-26/h21-24,26-27,29-31H,1-19,25H2/t21-,22+,23-,24-/m1/s1. The Morgan fingerprint density at radius 3 is 1.29 bits per heavy atom. The van der Waals surface area contributed by atoms with Crippen LogP contribution in [0.2, 0.25) is 0 Å². The summed E-state index contributed by atoms with van der Waals surface area (Å²) >= 11 is 0. The van der Waals surface area contributed by atoms with Crippen LogP contribution in [-0.4, -0.2) is 68.9 Å². The number of aliphatic hydroxyl groups excluding tert-OH is 5. The van der Waals surface area contributed by atoms with E-state index in [0.717, 1.165) is 32.1 Å². The third-order valence-corrected chi connectivity index (χ3v) is 6.00. The van der Waals surface area contributed by atoms with Crippen molar-refractivity contribution in [3.8, 4) is 0 Å². The molecule has 0 rings (SSSR count). The Morgan fingerprint density at radius 2 is 0.935 bits per heavy atom. The van der Waals surface area contributed by atoms with Crippen molar-refractivity contribution in [3.05, 3.63) is 0 Å². The maximum Gasteiger partial charge on any atom is 0.152 e. The SMILES string of the molecule is N[C@@H](C(=O)CCCCCCCCCCCCCCCCCCO)[C@@H](O)[C@H](O)[C@H](O)CO. The Labute approximate surface area is 189 Å². The first-order chi connectivity index (χ1) is 15.0. The van der Waals surface area contributed by atoms with Crippen LogP contribution in [-0.2, 0) is 4.79 Å². The van der Waals surface area contributed by atoms with Crippen molar-refractivity contribution in [2.75, 3.05) is 13.2 Å². The second-order valence-electron chi connectivity index (χ2n) is 8.85. The molecular weight excluding hydrogens is 398 g/mol. The van der Waals surface area contributed by atoms with Crippen LogP contribution < -0.4 is 5.73 Å². The lowest BCUT2D eigenvalue weighted by Crippen LogP contribution is -2.52. The lowest BCUT2D eigenvalue weighted by molar-refractivity contribution is -0.129. The molecule has 0 saturated heterocycles. The molecule has 0 radical (unpaired) electrons. The first-order valence-electron chi connectivity index (χ1n) is 12.5. The first-order valence-corrected chi connectivity index (χ1v) is 12.5. The fraction of sp³-hybridized carbons (Fsp3) is 0.958. The lowest BCUT2D eigenvalue weighted by Gasteiger charge is -2.25. The van der Waals surface area contributed by atoms with Crippen molar-refractivity contribution in [1.29, 1.82) is 0 Å². The van der Waals surface area contributed by atoms with E-state index in [1.807, 2.05) is 0 Å². The van der Waals surface area contributed by atoms with Crippen molar-refractivity contribution >= 4 is 5.78 Å². The highest BCUT2D eigenvalue weighted by molar-refractivity contribution is 5.84. The number of hydrogen-bond donors (Lipinski definition) is 6. The maximum atomic E-state index is 12.0. The van der Waals surface area contributed by atoms with Gasteiger partial charge in [0.2, 0.25) is 0 Å². The van der Waals surface area contributed by atoms with Gasteiger partial charge < -0.3 is 31.3 Å². The zero-order valence-corrected chi connectivity index (χ0v) is 19.5. The molecule has 0 aromatic carbocycles. The number of hydrogen-bond acceptors (Lipinski definition) is 7. The minimum absolute atomic E-state index is 0.252. The van der Waals surface area contributed by atoms with Gasteiger partial charge in [-0.1, -0.05) is 89.9 Å². The van der Waals surface area contributed by atoms with Crippen molar-refractivity contribution in [2.24, 2.45) is 5.73 Å². The summed E-state index contributed by atoms with van der Waals surface area (Å²) in [6.45, 7) is -0.379. The molecule has 0 aromatic heterocycles. The molecule has 0 fully saturated rings. The molecule has 31 heavy (non-hydrogen) atoms. The van der Waals surface area contributed by atoms with Crippen LogP contribution in [0.15, 0.2) is 0 Å². The van der Waals surface area contributed by atoms with Crippen molar-refractivity contribution in [3.63, 3.8) is 0 Å². The molecule has 0 bridgehead atoms. The monoisotopic (exact) mass is 447 g/mol. The molecule has 0 heterocycles. The molecule has 0 saturated carbocycles. The lowest BCUT2D eigenvalue weighted by atomic mass is 9.95. The number of carbonyl (C=O) groups excluding carboxylic acids is 1. The number of nitrogens with two attached hydrogens (primary N) is 1. The first kappa shape index (κ1) is 30.4. The molecule has 0 aliphatic heterocycles. The highest BCUT2D eigenvalue weighted by Gasteiger charge is 2.32.